The summed E-state index contributed by atoms with van der Waals surface area (Å²) < 4.78 is 23.9. The molecule has 0 saturated heterocycles. The fourth-order valence-corrected chi connectivity index (χ4v) is 3.64. The van der Waals surface area contributed by atoms with Crippen LogP contribution in [0.1, 0.15) is 32.0 Å². The Bertz CT molecular complexity index is 1110. The molecular weight excluding hydrogens is 375 g/mol. The van der Waals surface area contributed by atoms with Gasteiger partial charge in [0.25, 0.3) is 5.91 Å². The summed E-state index contributed by atoms with van der Waals surface area (Å²) in [5.74, 6) is -0.533. The van der Waals surface area contributed by atoms with Gasteiger partial charge < -0.3 is 14.4 Å². The molecule has 1 aliphatic heterocycles. The molecule has 0 unspecified atom stereocenters. The number of hydrogen-bond donors (Lipinski definition) is 0. The Hall–Kier alpha value is -3.48. The summed E-state index contributed by atoms with van der Waals surface area (Å²) in [6, 6.07) is 11.0. The number of halogens is 1. The van der Waals surface area contributed by atoms with Crippen molar-refractivity contribution in [3.63, 3.8) is 0 Å². The number of rotatable bonds is 3. The fraction of sp³-hybridized carbons (Fsp3) is 0.227. The number of aromatic nitrogens is 1. The van der Waals surface area contributed by atoms with Gasteiger partial charge in [0, 0.05) is 41.7 Å². The molecule has 0 radical (unpaired) electrons. The van der Waals surface area contributed by atoms with Gasteiger partial charge in [-0.3, -0.25) is 9.78 Å². The van der Waals surface area contributed by atoms with E-state index in [2.05, 4.69) is 4.98 Å². The number of carbonyl (C=O) groups is 2. The molecule has 0 fully saturated rings. The Morgan fingerprint density at radius 1 is 1.10 bits per heavy atom. The second-order valence-corrected chi connectivity index (χ2v) is 6.77. The third-order valence-electron chi connectivity index (χ3n) is 5.11. The van der Waals surface area contributed by atoms with E-state index < -0.39 is 11.8 Å². The van der Waals surface area contributed by atoms with E-state index in [-0.39, 0.29) is 18.0 Å². The SMILES string of the molecule is COC(=O)c1c2c(nc3ccc(F)cc13)CCN(C(=O)c1ccc(OC)cc1)C2. The van der Waals surface area contributed by atoms with Crippen molar-refractivity contribution in [1.82, 2.24) is 9.88 Å². The first kappa shape index (κ1) is 18.9. The fourth-order valence-electron chi connectivity index (χ4n) is 3.64. The maximum Gasteiger partial charge on any atom is 0.338 e. The largest absolute Gasteiger partial charge is 0.497 e. The predicted molar refractivity (Wildman–Crippen MR) is 104 cm³/mol. The van der Waals surface area contributed by atoms with Crippen LogP contribution < -0.4 is 4.74 Å². The Labute approximate surface area is 166 Å². The van der Waals surface area contributed by atoms with Crippen LogP contribution in [0.4, 0.5) is 4.39 Å². The first-order chi connectivity index (χ1) is 14.0. The van der Waals surface area contributed by atoms with Crippen molar-refractivity contribution in [2.24, 2.45) is 0 Å². The smallest absolute Gasteiger partial charge is 0.338 e. The second kappa shape index (κ2) is 7.50. The minimum atomic E-state index is -0.571. The van der Waals surface area contributed by atoms with Crippen molar-refractivity contribution in [2.75, 3.05) is 20.8 Å². The molecule has 0 bridgehead atoms. The molecule has 3 aromatic rings. The number of methoxy groups -OCH3 is 2. The molecule has 0 N–H and O–H groups in total. The molecule has 2 aromatic carbocycles. The van der Waals surface area contributed by atoms with E-state index in [1.54, 1.807) is 42.3 Å². The van der Waals surface area contributed by atoms with Gasteiger partial charge in [0.1, 0.15) is 11.6 Å². The molecule has 4 rings (SSSR count). The van der Waals surface area contributed by atoms with E-state index in [4.69, 9.17) is 9.47 Å². The molecule has 29 heavy (non-hydrogen) atoms. The summed E-state index contributed by atoms with van der Waals surface area (Å²) in [4.78, 5) is 31.8. The molecule has 1 amide bonds. The van der Waals surface area contributed by atoms with Crippen LogP contribution in [0.3, 0.4) is 0 Å². The zero-order valence-electron chi connectivity index (χ0n) is 16.1. The average Bonchev–Trinajstić information content (AvgIpc) is 2.76. The van der Waals surface area contributed by atoms with E-state index >= 15 is 0 Å². The van der Waals surface area contributed by atoms with Crippen LogP contribution in [-0.2, 0) is 17.7 Å². The number of carbonyl (C=O) groups excluding carboxylic acids is 2. The van der Waals surface area contributed by atoms with E-state index in [0.717, 1.165) is 5.69 Å². The summed E-state index contributed by atoms with van der Waals surface area (Å²) in [6.07, 6.45) is 0.495. The van der Waals surface area contributed by atoms with Crippen LogP contribution in [0.25, 0.3) is 10.9 Å². The lowest BCUT2D eigenvalue weighted by molar-refractivity contribution is 0.0594. The highest BCUT2D eigenvalue weighted by molar-refractivity contribution is 6.05. The van der Waals surface area contributed by atoms with Gasteiger partial charge in [-0.25, -0.2) is 9.18 Å². The number of benzene rings is 2. The van der Waals surface area contributed by atoms with Crippen molar-refractivity contribution in [1.29, 1.82) is 0 Å². The number of fused-ring (bicyclic) bond motifs is 2. The summed E-state index contributed by atoms with van der Waals surface area (Å²) in [5.41, 5.74) is 2.64. The molecule has 148 valence electrons. The number of amides is 1. The van der Waals surface area contributed by atoms with Crippen LogP contribution >= 0.6 is 0 Å². The van der Waals surface area contributed by atoms with E-state index in [9.17, 15) is 14.0 Å². The highest BCUT2D eigenvalue weighted by atomic mass is 19.1. The van der Waals surface area contributed by atoms with E-state index in [1.807, 2.05) is 0 Å². The van der Waals surface area contributed by atoms with Crippen LogP contribution in [0.5, 0.6) is 5.75 Å². The topological polar surface area (TPSA) is 68.7 Å². The van der Waals surface area contributed by atoms with Crippen LogP contribution in [-0.4, -0.2) is 42.5 Å². The second-order valence-electron chi connectivity index (χ2n) is 6.77. The monoisotopic (exact) mass is 394 g/mol. The number of hydrogen-bond acceptors (Lipinski definition) is 5. The highest BCUT2D eigenvalue weighted by Crippen LogP contribution is 2.30. The minimum absolute atomic E-state index is 0.159. The lowest BCUT2D eigenvalue weighted by Gasteiger charge is -2.30. The molecule has 0 spiro atoms. The van der Waals surface area contributed by atoms with Crippen LogP contribution in [0.15, 0.2) is 42.5 Å². The van der Waals surface area contributed by atoms with E-state index in [1.165, 1.54) is 19.2 Å². The van der Waals surface area contributed by atoms with Crippen molar-refractivity contribution < 1.29 is 23.5 Å². The molecule has 1 aromatic heterocycles. The van der Waals surface area contributed by atoms with Crippen LogP contribution in [0.2, 0.25) is 0 Å². The first-order valence-electron chi connectivity index (χ1n) is 9.14. The summed E-state index contributed by atoms with van der Waals surface area (Å²) in [5, 5.41) is 0.384. The Balaban J connectivity index is 1.75. The standard InChI is InChI=1S/C22H19FN2O4/c1-28-15-6-3-13(4-7-15)21(26)25-10-9-19-17(12-25)20(22(27)29-2)16-11-14(23)5-8-18(16)24-19/h3-8,11H,9-10,12H2,1-2H3. The maximum absolute atomic E-state index is 13.8. The van der Waals surface area contributed by atoms with Gasteiger partial charge in [-0.15, -0.1) is 0 Å². The average molecular weight is 394 g/mol. The summed E-state index contributed by atoms with van der Waals surface area (Å²) in [6.45, 7) is 0.669. The molecule has 7 heteroatoms. The van der Waals surface area contributed by atoms with Gasteiger partial charge in [0.05, 0.1) is 25.3 Å². The van der Waals surface area contributed by atoms with Crippen molar-refractivity contribution in [3.8, 4) is 5.75 Å². The molecule has 6 nitrogen and oxygen atoms in total. The highest BCUT2D eigenvalue weighted by Gasteiger charge is 2.29. The van der Waals surface area contributed by atoms with Gasteiger partial charge in [-0.05, 0) is 42.5 Å². The molecule has 0 saturated carbocycles. The van der Waals surface area contributed by atoms with Gasteiger partial charge in [-0.1, -0.05) is 0 Å². The number of ether oxygens (including phenoxy) is 2. The van der Waals surface area contributed by atoms with Crippen molar-refractivity contribution in [3.05, 3.63) is 70.7 Å². The summed E-state index contributed by atoms with van der Waals surface area (Å²) >= 11 is 0. The van der Waals surface area contributed by atoms with E-state index in [0.29, 0.717) is 40.7 Å². The molecule has 0 atom stereocenters. The Kier molecular flexibility index (Phi) is 4.88. The lowest BCUT2D eigenvalue weighted by Crippen LogP contribution is -2.37. The van der Waals surface area contributed by atoms with Crippen molar-refractivity contribution in [2.45, 2.75) is 13.0 Å². The third kappa shape index (κ3) is 3.40. The maximum atomic E-state index is 13.8. The normalized spacial score (nSPS) is 13.1. The van der Waals surface area contributed by atoms with Gasteiger partial charge >= 0.3 is 5.97 Å². The Morgan fingerprint density at radius 2 is 1.86 bits per heavy atom. The lowest BCUT2D eigenvalue weighted by atomic mass is 9.95. The van der Waals surface area contributed by atoms with Gasteiger partial charge in [-0.2, -0.15) is 0 Å². The number of nitrogens with zero attached hydrogens (tertiary/aromatic N) is 2. The Morgan fingerprint density at radius 3 is 2.55 bits per heavy atom. The van der Waals surface area contributed by atoms with Gasteiger partial charge in [0.15, 0.2) is 0 Å². The molecule has 0 aliphatic carbocycles. The molecule has 1 aliphatic rings. The zero-order valence-corrected chi connectivity index (χ0v) is 16.1. The minimum Gasteiger partial charge on any atom is -0.497 e. The quantitative estimate of drug-likeness (QED) is 0.637. The van der Waals surface area contributed by atoms with Crippen molar-refractivity contribution >= 4 is 22.8 Å². The molecular formula is C22H19FN2O4. The molecule has 2 heterocycles. The summed E-state index contributed by atoms with van der Waals surface area (Å²) in [7, 11) is 2.84. The number of pyridine rings is 1. The van der Waals surface area contributed by atoms with Crippen LogP contribution in [0, 0.1) is 5.82 Å². The number of esters is 1. The first-order valence-corrected chi connectivity index (χ1v) is 9.14. The van der Waals surface area contributed by atoms with Gasteiger partial charge in [0.2, 0.25) is 0 Å². The third-order valence-corrected chi connectivity index (χ3v) is 5.11. The zero-order chi connectivity index (χ0) is 20.5. The predicted octanol–water partition coefficient (Wildman–Crippen LogP) is 3.37.